The third-order valence-corrected chi connectivity index (χ3v) is 5.09. The normalized spacial score (nSPS) is 30.2. The summed E-state index contributed by atoms with van der Waals surface area (Å²) >= 11 is 3.53. The van der Waals surface area contributed by atoms with Gasteiger partial charge in [0.2, 0.25) is 0 Å². The molecule has 1 aliphatic carbocycles. The van der Waals surface area contributed by atoms with E-state index in [1.807, 2.05) is 0 Å². The largest absolute Gasteiger partial charge is 0.379 e. The second kappa shape index (κ2) is 4.29. The fourth-order valence-corrected chi connectivity index (χ4v) is 3.45. The Kier molecular flexibility index (Phi) is 2.75. The molecule has 0 bridgehead atoms. The maximum atomic E-state index is 6.30. The number of fused-ring (bicyclic) bond motifs is 1. The van der Waals surface area contributed by atoms with E-state index in [1.54, 1.807) is 0 Å². The van der Waals surface area contributed by atoms with Gasteiger partial charge in [-0.3, -0.25) is 0 Å². The summed E-state index contributed by atoms with van der Waals surface area (Å²) in [6, 6.07) is 6.92. The molecule has 20 heavy (non-hydrogen) atoms. The zero-order valence-corrected chi connectivity index (χ0v) is 13.1. The van der Waals surface area contributed by atoms with Crippen LogP contribution < -0.4 is 5.73 Å². The molecule has 1 aromatic carbocycles. The predicted octanol–water partition coefficient (Wildman–Crippen LogP) is 2.75. The highest BCUT2D eigenvalue weighted by Gasteiger charge is 2.45. The molecule has 2 aliphatic rings. The molecule has 106 valence electrons. The maximum absolute atomic E-state index is 6.30. The molecule has 2 atom stereocenters. The fourth-order valence-electron chi connectivity index (χ4n) is 3.10. The number of rotatable bonds is 2. The summed E-state index contributed by atoms with van der Waals surface area (Å²) < 4.78 is 9.08. The van der Waals surface area contributed by atoms with Crippen LogP contribution in [0.2, 0.25) is 0 Å². The lowest BCUT2D eigenvalue weighted by Crippen LogP contribution is -2.43. The molecule has 1 aromatic heterocycles. The van der Waals surface area contributed by atoms with Gasteiger partial charge >= 0.3 is 0 Å². The minimum absolute atomic E-state index is 0.0141. The van der Waals surface area contributed by atoms with E-state index >= 15 is 0 Å². The van der Waals surface area contributed by atoms with E-state index in [0.717, 1.165) is 15.8 Å². The highest BCUT2D eigenvalue weighted by atomic mass is 79.9. The van der Waals surface area contributed by atoms with Crippen LogP contribution in [0.15, 0.2) is 22.7 Å². The number of hydrogen-bond donors (Lipinski definition) is 1. The number of nitrogens with zero attached hydrogens (tertiary/aromatic N) is 2. The van der Waals surface area contributed by atoms with Gasteiger partial charge in [0.1, 0.15) is 5.82 Å². The third-order valence-electron chi connectivity index (χ3n) is 4.59. The highest BCUT2D eigenvalue weighted by molar-refractivity contribution is 9.10. The molecule has 1 saturated carbocycles. The fraction of sp³-hybridized carbons (Fsp3) is 0.533. The number of hydrogen-bond acceptors (Lipinski definition) is 3. The van der Waals surface area contributed by atoms with Crippen molar-refractivity contribution in [1.29, 1.82) is 0 Å². The molecule has 2 fully saturated rings. The quantitative estimate of drug-likeness (QED) is 0.918. The molecule has 2 heterocycles. The van der Waals surface area contributed by atoms with E-state index in [9.17, 15) is 0 Å². The number of ether oxygens (including phenoxy) is 1. The van der Waals surface area contributed by atoms with Gasteiger partial charge in [-0.15, -0.1) is 0 Å². The van der Waals surface area contributed by atoms with Crippen molar-refractivity contribution in [3.8, 4) is 0 Å². The Bertz CT molecular complexity index is 679. The Balaban J connectivity index is 1.96. The van der Waals surface area contributed by atoms with Gasteiger partial charge in [-0.05, 0) is 38.0 Å². The molecule has 1 saturated heterocycles. The third kappa shape index (κ3) is 1.76. The van der Waals surface area contributed by atoms with Crippen LogP contribution in [0, 0.1) is 0 Å². The summed E-state index contributed by atoms with van der Waals surface area (Å²) in [4.78, 5) is 4.91. The van der Waals surface area contributed by atoms with Crippen molar-refractivity contribution in [2.24, 2.45) is 5.73 Å². The molecule has 0 radical (unpaired) electrons. The molecule has 2 aromatic rings. The van der Waals surface area contributed by atoms with Crippen LogP contribution in [0.4, 0.5) is 0 Å². The molecule has 4 rings (SSSR count). The van der Waals surface area contributed by atoms with Crippen LogP contribution in [0.1, 0.15) is 31.6 Å². The van der Waals surface area contributed by atoms with Gasteiger partial charge in [0.15, 0.2) is 0 Å². The Morgan fingerprint density at radius 3 is 2.90 bits per heavy atom. The topological polar surface area (TPSA) is 53.1 Å². The van der Waals surface area contributed by atoms with Crippen molar-refractivity contribution in [2.75, 3.05) is 13.2 Å². The summed E-state index contributed by atoms with van der Waals surface area (Å²) in [5.41, 5.74) is 8.37. The molecule has 2 N–H and O–H groups in total. The van der Waals surface area contributed by atoms with Gasteiger partial charge in [-0.2, -0.15) is 0 Å². The maximum Gasteiger partial charge on any atom is 0.120 e. The van der Waals surface area contributed by atoms with Gasteiger partial charge < -0.3 is 15.0 Å². The van der Waals surface area contributed by atoms with Crippen LogP contribution in [0.3, 0.4) is 0 Å². The first-order valence-corrected chi connectivity index (χ1v) is 7.90. The van der Waals surface area contributed by atoms with E-state index in [0.29, 0.717) is 19.3 Å². The van der Waals surface area contributed by atoms with Crippen molar-refractivity contribution in [2.45, 2.75) is 37.3 Å². The Labute approximate surface area is 126 Å². The molecule has 0 amide bonds. The van der Waals surface area contributed by atoms with Gasteiger partial charge in [0.05, 0.1) is 29.7 Å². The summed E-state index contributed by atoms with van der Waals surface area (Å²) in [7, 11) is 0. The molecule has 0 spiro atoms. The smallest absolute Gasteiger partial charge is 0.120 e. The van der Waals surface area contributed by atoms with Crippen LogP contribution in [0.25, 0.3) is 11.0 Å². The minimum atomic E-state index is -0.186. The first-order valence-electron chi connectivity index (χ1n) is 7.11. The van der Waals surface area contributed by atoms with E-state index in [2.05, 4.69) is 45.6 Å². The molecule has 5 heteroatoms. The number of nitrogens with two attached hydrogens (primary N) is 1. The lowest BCUT2D eigenvalue weighted by atomic mass is 9.85. The molecule has 2 unspecified atom stereocenters. The second-order valence-electron chi connectivity index (χ2n) is 6.21. The number of imidazole rings is 1. The minimum Gasteiger partial charge on any atom is -0.379 e. The highest BCUT2D eigenvalue weighted by Crippen LogP contribution is 2.43. The van der Waals surface area contributed by atoms with Crippen molar-refractivity contribution in [3.05, 3.63) is 28.5 Å². The molecular formula is C15H18BrN3O. The SMILES string of the molecule is CC1(c2nc3cc(Br)ccc3n2C2CC2)COCC1N. The number of aromatic nitrogens is 2. The van der Waals surface area contributed by atoms with Crippen molar-refractivity contribution < 1.29 is 4.74 Å². The standard InChI is InChI=1S/C15H18BrN3O/c1-15(8-20-7-13(15)17)14-18-11-6-9(16)2-5-12(11)19(14)10-3-4-10/h2,5-6,10,13H,3-4,7-8,17H2,1H3. The lowest BCUT2D eigenvalue weighted by Gasteiger charge is -2.27. The molecule has 1 aliphatic heterocycles. The zero-order valence-electron chi connectivity index (χ0n) is 11.5. The molecular weight excluding hydrogens is 318 g/mol. The summed E-state index contributed by atoms with van der Waals surface area (Å²) in [5.74, 6) is 1.10. The van der Waals surface area contributed by atoms with Crippen molar-refractivity contribution >= 4 is 27.0 Å². The van der Waals surface area contributed by atoms with Gasteiger partial charge in [0.25, 0.3) is 0 Å². The molecule has 4 nitrogen and oxygen atoms in total. The van der Waals surface area contributed by atoms with E-state index in [4.69, 9.17) is 15.5 Å². The van der Waals surface area contributed by atoms with E-state index in [1.165, 1.54) is 18.4 Å². The van der Waals surface area contributed by atoms with Crippen LogP contribution in [0.5, 0.6) is 0 Å². The van der Waals surface area contributed by atoms with Crippen LogP contribution in [-0.2, 0) is 10.2 Å². The number of benzene rings is 1. The van der Waals surface area contributed by atoms with Crippen LogP contribution >= 0.6 is 15.9 Å². The zero-order chi connectivity index (χ0) is 13.9. The van der Waals surface area contributed by atoms with Gasteiger partial charge in [0, 0.05) is 16.6 Å². The second-order valence-corrected chi connectivity index (χ2v) is 7.12. The predicted molar refractivity (Wildman–Crippen MR) is 81.9 cm³/mol. The van der Waals surface area contributed by atoms with E-state index < -0.39 is 0 Å². The summed E-state index contributed by atoms with van der Waals surface area (Å²) in [5, 5.41) is 0. The van der Waals surface area contributed by atoms with Crippen LogP contribution in [-0.4, -0.2) is 28.8 Å². The average molecular weight is 336 g/mol. The van der Waals surface area contributed by atoms with Gasteiger partial charge in [-0.1, -0.05) is 15.9 Å². The van der Waals surface area contributed by atoms with E-state index in [-0.39, 0.29) is 11.5 Å². The average Bonchev–Trinajstić information content (AvgIpc) is 3.10. The first-order chi connectivity index (χ1) is 9.59. The number of halogens is 1. The first kappa shape index (κ1) is 12.8. The lowest BCUT2D eigenvalue weighted by molar-refractivity contribution is 0.177. The summed E-state index contributed by atoms with van der Waals surface area (Å²) in [6.07, 6.45) is 2.47. The Morgan fingerprint density at radius 2 is 2.25 bits per heavy atom. The Morgan fingerprint density at radius 1 is 1.45 bits per heavy atom. The monoisotopic (exact) mass is 335 g/mol. The van der Waals surface area contributed by atoms with Gasteiger partial charge in [-0.25, -0.2) is 4.98 Å². The Hall–Kier alpha value is -0.910. The van der Waals surface area contributed by atoms with Crippen molar-refractivity contribution in [3.63, 3.8) is 0 Å². The summed E-state index contributed by atoms with van der Waals surface area (Å²) in [6.45, 7) is 3.46. The van der Waals surface area contributed by atoms with Crippen molar-refractivity contribution in [1.82, 2.24) is 9.55 Å².